The fourth-order valence-electron chi connectivity index (χ4n) is 3.14. The Kier molecular flexibility index (Phi) is 6.30. The largest absolute Gasteiger partial charge is 0.359 e. The first-order valence-corrected chi connectivity index (χ1v) is 7.34. The topological polar surface area (TPSA) is 56.1 Å². The fraction of sp³-hybridized carbons (Fsp3) is 0.867. The van der Waals surface area contributed by atoms with E-state index in [1.807, 2.05) is 14.0 Å². The van der Waals surface area contributed by atoms with Gasteiger partial charge in [0.1, 0.15) is 0 Å². The van der Waals surface area contributed by atoms with Crippen LogP contribution in [0.15, 0.2) is 0 Å². The summed E-state index contributed by atoms with van der Waals surface area (Å²) in [6.07, 6.45) is 4.45. The molecule has 0 aliphatic heterocycles. The van der Waals surface area contributed by atoms with Gasteiger partial charge in [-0.2, -0.15) is 5.26 Å². The minimum absolute atomic E-state index is 0.0312. The van der Waals surface area contributed by atoms with E-state index in [0.717, 1.165) is 25.3 Å². The average Bonchev–Trinajstić information content (AvgIpc) is 2.45. The summed E-state index contributed by atoms with van der Waals surface area (Å²) in [5, 5.41) is 12.0. The van der Waals surface area contributed by atoms with Gasteiger partial charge in [0.15, 0.2) is 0 Å². The van der Waals surface area contributed by atoms with Crippen molar-refractivity contribution in [3.05, 3.63) is 0 Å². The van der Waals surface area contributed by atoms with Crippen LogP contribution in [0.4, 0.5) is 0 Å². The molecule has 0 aromatic carbocycles. The maximum absolute atomic E-state index is 11.6. The zero-order valence-electron chi connectivity index (χ0n) is 12.6. The SMILES string of the molecule is CCC1CCC(C#N)C(N(C)CC(C)C(=O)NC)C1. The van der Waals surface area contributed by atoms with Crippen molar-refractivity contribution in [2.75, 3.05) is 20.6 Å². The molecule has 0 saturated heterocycles. The van der Waals surface area contributed by atoms with E-state index in [1.54, 1.807) is 7.05 Å². The summed E-state index contributed by atoms with van der Waals surface area (Å²) in [4.78, 5) is 13.8. The van der Waals surface area contributed by atoms with Crippen LogP contribution in [0.3, 0.4) is 0 Å². The molecule has 1 fully saturated rings. The molecule has 4 unspecified atom stereocenters. The van der Waals surface area contributed by atoms with Crippen LogP contribution in [0.1, 0.15) is 39.5 Å². The molecular weight excluding hydrogens is 238 g/mol. The smallest absolute Gasteiger partial charge is 0.223 e. The third kappa shape index (κ3) is 4.21. The maximum Gasteiger partial charge on any atom is 0.223 e. The minimum atomic E-state index is -0.0312. The van der Waals surface area contributed by atoms with Crippen LogP contribution in [0.25, 0.3) is 0 Å². The van der Waals surface area contributed by atoms with Crippen molar-refractivity contribution in [1.29, 1.82) is 5.26 Å². The Bertz CT molecular complexity index is 337. The van der Waals surface area contributed by atoms with Gasteiger partial charge < -0.3 is 10.2 Å². The summed E-state index contributed by atoms with van der Waals surface area (Å²) in [6.45, 7) is 4.89. The molecule has 4 heteroatoms. The second-order valence-corrected chi connectivity index (χ2v) is 5.85. The Morgan fingerprint density at radius 2 is 2.21 bits per heavy atom. The Labute approximate surface area is 117 Å². The number of nitriles is 1. The highest BCUT2D eigenvalue weighted by molar-refractivity contribution is 5.78. The molecule has 108 valence electrons. The maximum atomic E-state index is 11.6. The van der Waals surface area contributed by atoms with Crippen LogP contribution in [-0.4, -0.2) is 37.5 Å². The molecule has 0 aromatic heterocycles. The number of carbonyl (C=O) groups is 1. The van der Waals surface area contributed by atoms with E-state index in [1.165, 1.54) is 12.8 Å². The van der Waals surface area contributed by atoms with E-state index in [0.29, 0.717) is 6.04 Å². The van der Waals surface area contributed by atoms with E-state index in [2.05, 4.69) is 23.2 Å². The molecule has 1 amide bonds. The van der Waals surface area contributed by atoms with Crippen molar-refractivity contribution in [1.82, 2.24) is 10.2 Å². The fourth-order valence-corrected chi connectivity index (χ4v) is 3.14. The van der Waals surface area contributed by atoms with Gasteiger partial charge in [-0.15, -0.1) is 0 Å². The molecule has 1 N–H and O–H groups in total. The highest BCUT2D eigenvalue weighted by atomic mass is 16.1. The molecule has 1 aliphatic carbocycles. The molecule has 4 nitrogen and oxygen atoms in total. The predicted octanol–water partition coefficient (Wildman–Crippen LogP) is 2.02. The van der Waals surface area contributed by atoms with Crippen LogP contribution in [0.5, 0.6) is 0 Å². The number of nitrogens with zero attached hydrogens (tertiary/aromatic N) is 2. The van der Waals surface area contributed by atoms with Crippen molar-refractivity contribution < 1.29 is 4.79 Å². The first-order valence-electron chi connectivity index (χ1n) is 7.34. The summed E-state index contributed by atoms with van der Waals surface area (Å²) in [5.41, 5.74) is 0. The van der Waals surface area contributed by atoms with E-state index in [-0.39, 0.29) is 17.7 Å². The van der Waals surface area contributed by atoms with Gasteiger partial charge in [-0.25, -0.2) is 0 Å². The van der Waals surface area contributed by atoms with Crippen molar-refractivity contribution in [3.63, 3.8) is 0 Å². The van der Waals surface area contributed by atoms with E-state index in [9.17, 15) is 10.1 Å². The Morgan fingerprint density at radius 1 is 1.53 bits per heavy atom. The Hall–Kier alpha value is -1.08. The number of rotatable bonds is 5. The van der Waals surface area contributed by atoms with Crippen molar-refractivity contribution in [2.45, 2.75) is 45.6 Å². The number of nitrogens with one attached hydrogen (secondary N) is 1. The molecule has 0 heterocycles. The van der Waals surface area contributed by atoms with E-state index >= 15 is 0 Å². The van der Waals surface area contributed by atoms with Crippen molar-refractivity contribution >= 4 is 5.91 Å². The lowest BCUT2D eigenvalue weighted by molar-refractivity contribution is -0.124. The van der Waals surface area contributed by atoms with Crippen molar-refractivity contribution in [2.24, 2.45) is 17.8 Å². The Morgan fingerprint density at radius 3 is 2.74 bits per heavy atom. The first kappa shape index (κ1) is 16.0. The predicted molar refractivity (Wildman–Crippen MR) is 76.4 cm³/mol. The molecule has 1 rings (SSSR count). The second-order valence-electron chi connectivity index (χ2n) is 5.85. The summed E-state index contributed by atoms with van der Waals surface area (Å²) < 4.78 is 0. The summed E-state index contributed by atoms with van der Waals surface area (Å²) in [7, 11) is 3.72. The molecule has 1 saturated carbocycles. The third-order valence-electron chi connectivity index (χ3n) is 4.49. The molecule has 19 heavy (non-hydrogen) atoms. The molecular formula is C15H27N3O. The zero-order valence-corrected chi connectivity index (χ0v) is 12.6. The van der Waals surface area contributed by atoms with E-state index < -0.39 is 0 Å². The summed E-state index contributed by atoms with van der Waals surface area (Å²) in [5.74, 6) is 0.886. The molecule has 1 aliphatic rings. The standard InChI is InChI=1S/C15H27N3O/c1-5-12-6-7-13(9-16)14(8-12)18(4)10-11(2)15(19)17-3/h11-14H,5-8,10H2,1-4H3,(H,17,19). The highest BCUT2D eigenvalue weighted by Crippen LogP contribution is 2.33. The monoisotopic (exact) mass is 265 g/mol. The average molecular weight is 265 g/mol. The van der Waals surface area contributed by atoms with Gasteiger partial charge in [-0.3, -0.25) is 4.79 Å². The molecule has 0 bridgehead atoms. The number of hydrogen-bond acceptors (Lipinski definition) is 3. The molecule has 0 radical (unpaired) electrons. The van der Waals surface area contributed by atoms with Gasteiger partial charge in [-0.1, -0.05) is 20.3 Å². The summed E-state index contributed by atoms with van der Waals surface area (Å²) in [6, 6.07) is 2.76. The van der Waals surface area contributed by atoms with Crippen LogP contribution in [0.2, 0.25) is 0 Å². The summed E-state index contributed by atoms with van der Waals surface area (Å²) >= 11 is 0. The van der Waals surface area contributed by atoms with Crippen LogP contribution in [0, 0.1) is 29.1 Å². The molecule has 0 spiro atoms. The molecule has 4 atom stereocenters. The van der Waals surface area contributed by atoms with Gasteiger partial charge in [0.25, 0.3) is 0 Å². The van der Waals surface area contributed by atoms with Gasteiger partial charge >= 0.3 is 0 Å². The van der Waals surface area contributed by atoms with Crippen LogP contribution in [-0.2, 0) is 4.79 Å². The van der Waals surface area contributed by atoms with Gasteiger partial charge in [0.05, 0.1) is 12.0 Å². The van der Waals surface area contributed by atoms with Gasteiger partial charge in [-0.05, 0) is 32.2 Å². The lowest BCUT2D eigenvalue weighted by Crippen LogP contribution is -2.45. The van der Waals surface area contributed by atoms with Gasteiger partial charge in [0, 0.05) is 25.6 Å². The van der Waals surface area contributed by atoms with Crippen LogP contribution < -0.4 is 5.32 Å². The van der Waals surface area contributed by atoms with Gasteiger partial charge in [0.2, 0.25) is 5.91 Å². The normalized spacial score (nSPS) is 28.7. The molecule has 0 aromatic rings. The second kappa shape index (κ2) is 7.49. The lowest BCUT2D eigenvalue weighted by atomic mass is 9.77. The third-order valence-corrected chi connectivity index (χ3v) is 4.49. The number of hydrogen-bond donors (Lipinski definition) is 1. The van der Waals surface area contributed by atoms with Crippen molar-refractivity contribution in [3.8, 4) is 6.07 Å². The number of amides is 1. The minimum Gasteiger partial charge on any atom is -0.359 e. The first-order chi connectivity index (χ1) is 9.03. The lowest BCUT2D eigenvalue weighted by Gasteiger charge is -2.39. The van der Waals surface area contributed by atoms with Crippen LogP contribution >= 0.6 is 0 Å². The van der Waals surface area contributed by atoms with E-state index in [4.69, 9.17) is 0 Å². The zero-order chi connectivity index (χ0) is 14.4. The quantitative estimate of drug-likeness (QED) is 0.827. The number of carbonyl (C=O) groups excluding carboxylic acids is 1. The Balaban J connectivity index is 2.63. The highest BCUT2D eigenvalue weighted by Gasteiger charge is 2.33.